The Morgan fingerprint density at radius 1 is 1.19 bits per heavy atom. The van der Waals surface area contributed by atoms with E-state index in [0.717, 1.165) is 5.25 Å². The fourth-order valence-electron chi connectivity index (χ4n) is 3.00. The molecule has 1 heterocycles. The number of hydrogen-bond donors (Lipinski definition) is 1. The van der Waals surface area contributed by atoms with Crippen LogP contribution in [-0.4, -0.2) is 5.25 Å². The summed E-state index contributed by atoms with van der Waals surface area (Å²) in [5.41, 5.74) is 2.68. The molecule has 1 aliphatic rings. The van der Waals surface area contributed by atoms with Gasteiger partial charge in [0.1, 0.15) is 0 Å². The molecule has 0 amide bonds. The molecule has 0 saturated heterocycles. The maximum atomic E-state index is 3.72. The van der Waals surface area contributed by atoms with Crippen molar-refractivity contribution in [3.8, 4) is 0 Å². The molecule has 1 atom stereocenters. The highest BCUT2D eigenvalue weighted by Gasteiger charge is 2.18. The number of para-hydroxylation sites is 1. The van der Waals surface area contributed by atoms with E-state index >= 15 is 0 Å². The van der Waals surface area contributed by atoms with Crippen LogP contribution in [0.15, 0.2) is 40.6 Å². The van der Waals surface area contributed by atoms with Crippen molar-refractivity contribution in [1.82, 2.24) is 0 Å². The van der Waals surface area contributed by atoms with Crippen LogP contribution in [0.5, 0.6) is 0 Å². The minimum atomic E-state index is 0.371. The molecule has 1 saturated carbocycles. The molecule has 1 N–H and O–H groups in total. The molecule has 1 unspecified atom stereocenters. The largest absolute Gasteiger partial charge is 0.377 e. The highest BCUT2D eigenvalue weighted by Crippen LogP contribution is 2.39. The summed E-state index contributed by atoms with van der Waals surface area (Å²) in [5, 5.41) is 6.71. The van der Waals surface area contributed by atoms with Gasteiger partial charge in [0, 0.05) is 20.7 Å². The number of thiophene rings is 1. The lowest BCUT2D eigenvalue weighted by molar-refractivity contribution is 0.886. The number of anilines is 1. The Kier molecular flexibility index (Phi) is 4.91. The van der Waals surface area contributed by atoms with Crippen molar-refractivity contribution in [2.24, 2.45) is 0 Å². The number of benzene rings is 1. The van der Waals surface area contributed by atoms with Crippen molar-refractivity contribution in [3.05, 3.63) is 46.2 Å². The van der Waals surface area contributed by atoms with Crippen LogP contribution < -0.4 is 5.32 Å². The Morgan fingerprint density at radius 3 is 2.67 bits per heavy atom. The van der Waals surface area contributed by atoms with E-state index in [0.29, 0.717) is 6.04 Å². The molecule has 1 aromatic heterocycles. The molecule has 112 valence electrons. The second-order valence-electron chi connectivity index (χ2n) is 5.85. The quantitative estimate of drug-likeness (QED) is 0.698. The van der Waals surface area contributed by atoms with Crippen LogP contribution in [0.25, 0.3) is 0 Å². The Labute approximate surface area is 136 Å². The second-order valence-corrected chi connectivity index (χ2v) is 8.14. The molecular formula is C18H23NS2. The maximum Gasteiger partial charge on any atom is 0.0581 e. The number of thioether (sulfide) groups is 1. The highest BCUT2D eigenvalue weighted by atomic mass is 32.2. The lowest BCUT2D eigenvalue weighted by Gasteiger charge is -2.19. The smallest absolute Gasteiger partial charge is 0.0581 e. The summed E-state index contributed by atoms with van der Waals surface area (Å²) < 4.78 is 0. The van der Waals surface area contributed by atoms with Crippen molar-refractivity contribution < 1.29 is 0 Å². The molecule has 2 aromatic rings. The van der Waals surface area contributed by atoms with Crippen molar-refractivity contribution in [2.45, 2.75) is 55.7 Å². The predicted molar refractivity (Wildman–Crippen MR) is 95.6 cm³/mol. The van der Waals surface area contributed by atoms with Crippen LogP contribution in [0.1, 0.15) is 49.1 Å². The zero-order chi connectivity index (χ0) is 14.7. The van der Waals surface area contributed by atoms with Gasteiger partial charge in [-0.2, -0.15) is 0 Å². The third kappa shape index (κ3) is 3.64. The normalized spacial score (nSPS) is 17.0. The molecule has 1 aliphatic carbocycles. The van der Waals surface area contributed by atoms with Crippen LogP contribution in [0.3, 0.4) is 0 Å². The molecule has 0 spiro atoms. The summed E-state index contributed by atoms with van der Waals surface area (Å²) in [5.74, 6) is 0. The van der Waals surface area contributed by atoms with Crippen molar-refractivity contribution in [1.29, 1.82) is 0 Å². The van der Waals surface area contributed by atoms with E-state index in [1.807, 2.05) is 11.3 Å². The molecule has 0 radical (unpaired) electrons. The van der Waals surface area contributed by atoms with Crippen LogP contribution in [0.4, 0.5) is 5.69 Å². The first-order chi connectivity index (χ1) is 10.2. The van der Waals surface area contributed by atoms with Gasteiger partial charge in [0.15, 0.2) is 0 Å². The van der Waals surface area contributed by atoms with Crippen molar-refractivity contribution >= 4 is 28.8 Å². The number of aryl methyl sites for hydroxylation is 1. The fourth-order valence-corrected chi connectivity index (χ4v) is 5.28. The van der Waals surface area contributed by atoms with Crippen molar-refractivity contribution in [2.75, 3.05) is 5.32 Å². The minimum absolute atomic E-state index is 0.371. The van der Waals surface area contributed by atoms with E-state index in [4.69, 9.17) is 0 Å². The third-order valence-corrected chi connectivity index (χ3v) is 6.77. The lowest BCUT2D eigenvalue weighted by Crippen LogP contribution is -2.07. The molecule has 1 aromatic carbocycles. The summed E-state index contributed by atoms with van der Waals surface area (Å²) in [4.78, 5) is 2.85. The van der Waals surface area contributed by atoms with E-state index in [9.17, 15) is 0 Å². The van der Waals surface area contributed by atoms with Crippen molar-refractivity contribution in [3.63, 3.8) is 0 Å². The topological polar surface area (TPSA) is 12.0 Å². The van der Waals surface area contributed by atoms with Gasteiger partial charge in [-0.1, -0.05) is 25.0 Å². The Bertz CT molecular complexity index is 584. The lowest BCUT2D eigenvalue weighted by atomic mass is 10.2. The molecular weight excluding hydrogens is 294 g/mol. The summed E-state index contributed by atoms with van der Waals surface area (Å²) in [6.07, 6.45) is 5.55. The van der Waals surface area contributed by atoms with E-state index in [1.54, 1.807) is 0 Å². The SMILES string of the molecule is Cc1ccsc1C(C)Nc1ccccc1SC1CCCC1. The Balaban J connectivity index is 1.74. The molecule has 3 heteroatoms. The van der Waals surface area contributed by atoms with Crippen LogP contribution >= 0.6 is 23.1 Å². The van der Waals surface area contributed by atoms with Gasteiger partial charge in [-0.3, -0.25) is 0 Å². The summed E-state index contributed by atoms with van der Waals surface area (Å²) in [7, 11) is 0. The molecule has 0 aliphatic heterocycles. The summed E-state index contributed by atoms with van der Waals surface area (Å²) in [6.45, 7) is 4.46. The average Bonchev–Trinajstić information content (AvgIpc) is 3.12. The molecule has 3 rings (SSSR count). The van der Waals surface area contributed by atoms with E-state index < -0.39 is 0 Å². The van der Waals surface area contributed by atoms with Gasteiger partial charge in [0.25, 0.3) is 0 Å². The van der Waals surface area contributed by atoms with Gasteiger partial charge >= 0.3 is 0 Å². The molecule has 0 bridgehead atoms. The van der Waals surface area contributed by atoms with Crippen LogP contribution in [0.2, 0.25) is 0 Å². The van der Waals surface area contributed by atoms with Crippen LogP contribution in [0, 0.1) is 6.92 Å². The second kappa shape index (κ2) is 6.89. The van der Waals surface area contributed by atoms with E-state index in [2.05, 4.69) is 66.6 Å². The van der Waals surface area contributed by atoms with E-state index in [1.165, 1.54) is 46.7 Å². The number of nitrogens with one attached hydrogen (secondary N) is 1. The van der Waals surface area contributed by atoms with Crippen LogP contribution in [-0.2, 0) is 0 Å². The Morgan fingerprint density at radius 2 is 1.95 bits per heavy atom. The molecule has 21 heavy (non-hydrogen) atoms. The summed E-state index contributed by atoms with van der Waals surface area (Å²) in [6, 6.07) is 11.3. The van der Waals surface area contributed by atoms with Gasteiger partial charge in [-0.15, -0.1) is 23.1 Å². The van der Waals surface area contributed by atoms with Gasteiger partial charge in [-0.25, -0.2) is 0 Å². The first-order valence-electron chi connectivity index (χ1n) is 7.80. The average molecular weight is 318 g/mol. The molecule has 1 fully saturated rings. The monoisotopic (exact) mass is 317 g/mol. The van der Waals surface area contributed by atoms with Gasteiger partial charge in [0.05, 0.1) is 6.04 Å². The number of rotatable bonds is 5. The summed E-state index contributed by atoms with van der Waals surface area (Å²) >= 11 is 3.91. The minimum Gasteiger partial charge on any atom is -0.377 e. The zero-order valence-electron chi connectivity index (χ0n) is 12.8. The predicted octanol–water partition coefficient (Wildman–Crippen LogP) is 6.26. The Hall–Kier alpha value is -0.930. The third-order valence-electron chi connectivity index (χ3n) is 4.15. The highest BCUT2D eigenvalue weighted by molar-refractivity contribution is 8.00. The first-order valence-corrected chi connectivity index (χ1v) is 9.56. The van der Waals surface area contributed by atoms with Gasteiger partial charge < -0.3 is 5.32 Å². The van der Waals surface area contributed by atoms with Gasteiger partial charge in [-0.05, 0) is 55.8 Å². The maximum absolute atomic E-state index is 3.72. The van der Waals surface area contributed by atoms with E-state index in [-0.39, 0.29) is 0 Å². The molecule has 1 nitrogen and oxygen atoms in total. The standard InChI is InChI=1S/C18H23NS2/c1-13-11-12-20-18(13)14(2)19-16-9-5-6-10-17(16)21-15-7-3-4-8-15/h5-6,9-12,14-15,19H,3-4,7-8H2,1-2H3. The fraction of sp³-hybridized carbons (Fsp3) is 0.444. The van der Waals surface area contributed by atoms with Gasteiger partial charge in [0.2, 0.25) is 0 Å². The number of hydrogen-bond acceptors (Lipinski definition) is 3. The first kappa shape index (κ1) is 15.0. The zero-order valence-corrected chi connectivity index (χ0v) is 14.4.